The van der Waals surface area contributed by atoms with Crippen molar-refractivity contribution in [1.29, 1.82) is 0 Å². The van der Waals surface area contributed by atoms with Crippen LogP contribution in [0.4, 0.5) is 0 Å². The molecule has 18 atom stereocenters. The van der Waals surface area contributed by atoms with Gasteiger partial charge in [0.15, 0.2) is 24.8 Å². The van der Waals surface area contributed by atoms with Gasteiger partial charge in [0.2, 0.25) is 0 Å². The molecule has 3 fully saturated rings. The summed E-state index contributed by atoms with van der Waals surface area (Å²) < 4.78 is 73.3. The van der Waals surface area contributed by atoms with Crippen LogP contribution in [0.25, 0.3) is 0 Å². The van der Waals surface area contributed by atoms with Crippen molar-refractivity contribution in [2.45, 2.75) is 485 Å². The molecule has 0 aromatic heterocycles. The number of aliphatic hydroxyl groups is 9. The molecule has 18 unspecified atom stereocenters. The summed E-state index contributed by atoms with van der Waals surface area (Å²) in [6, 6.07) is 0. The van der Waals surface area contributed by atoms with Gasteiger partial charge in [-0.05, 0) is 103 Å². The van der Waals surface area contributed by atoms with Crippen LogP contribution in [0.5, 0.6) is 0 Å². The van der Waals surface area contributed by atoms with Crippen LogP contribution in [0, 0.1) is 0 Å². The highest BCUT2D eigenvalue weighted by molar-refractivity contribution is 7.47. The van der Waals surface area contributed by atoms with Crippen molar-refractivity contribution in [3.8, 4) is 0 Å². The predicted octanol–water partition coefficient (Wildman–Crippen LogP) is 16.7. The van der Waals surface area contributed by atoms with Crippen LogP contribution in [-0.4, -0.2) is 205 Å². The van der Waals surface area contributed by atoms with E-state index in [4.69, 9.17) is 46.9 Å². The number of hydrogen-bond acceptors (Lipinski definition) is 24. The fourth-order valence-electron chi connectivity index (χ4n) is 14.9. The number of esters is 4. The molecule has 678 valence electrons. The summed E-state index contributed by atoms with van der Waals surface area (Å²) in [5, 5.41) is 102. The molecule has 1 aliphatic carbocycles. The number of carbonyl (C=O) groups is 4. The number of phosphoric ester groups is 1. The number of phosphoric acid groups is 1. The first-order valence-corrected chi connectivity index (χ1v) is 47.7. The van der Waals surface area contributed by atoms with Crippen molar-refractivity contribution in [2.75, 3.05) is 26.4 Å². The first-order valence-electron chi connectivity index (χ1n) is 46.2. The Labute approximate surface area is 697 Å². The van der Waals surface area contributed by atoms with Crippen molar-refractivity contribution in [2.24, 2.45) is 0 Å². The molecule has 116 heavy (non-hydrogen) atoms. The van der Waals surface area contributed by atoms with Gasteiger partial charge in [-0.3, -0.25) is 28.2 Å². The van der Waals surface area contributed by atoms with Gasteiger partial charge in [0.25, 0.3) is 0 Å². The van der Waals surface area contributed by atoms with Crippen LogP contribution in [0.2, 0.25) is 0 Å². The van der Waals surface area contributed by atoms with E-state index in [9.17, 15) is 74.6 Å². The molecule has 0 aromatic rings. The quantitative estimate of drug-likeness (QED) is 0.00889. The Morgan fingerprint density at radius 3 is 1.04 bits per heavy atom. The maximum Gasteiger partial charge on any atom is 0.472 e. The van der Waals surface area contributed by atoms with Crippen LogP contribution < -0.4 is 0 Å². The molecule has 0 amide bonds. The number of carbonyl (C=O) groups excluding carboxylic acids is 4. The number of hydrogen-bond donors (Lipinski definition) is 10. The highest BCUT2D eigenvalue weighted by Gasteiger charge is 2.60. The molecule has 26 heteroatoms. The summed E-state index contributed by atoms with van der Waals surface area (Å²) in [5.41, 5.74) is 0. The lowest BCUT2D eigenvalue weighted by atomic mass is 9.84. The van der Waals surface area contributed by atoms with E-state index in [2.05, 4.69) is 64.2 Å². The minimum Gasteiger partial charge on any atom is -0.463 e. The lowest BCUT2D eigenvalue weighted by molar-refractivity contribution is -0.360. The van der Waals surface area contributed by atoms with E-state index in [1.54, 1.807) is 0 Å². The second kappa shape index (κ2) is 69.1. The number of aliphatic hydroxyl groups excluding tert-OH is 9. The lowest BCUT2D eigenvalue weighted by Crippen LogP contribution is -2.70. The Morgan fingerprint density at radius 2 is 0.647 bits per heavy atom. The first kappa shape index (κ1) is 107. The first-order chi connectivity index (χ1) is 56.2. The Bertz CT molecular complexity index is 2560. The Morgan fingerprint density at radius 1 is 0.336 bits per heavy atom. The fourth-order valence-corrected chi connectivity index (χ4v) is 15.9. The molecule has 3 rings (SSSR count). The van der Waals surface area contributed by atoms with E-state index < -0.39 is 162 Å². The second-order valence-corrected chi connectivity index (χ2v) is 34.2. The molecule has 2 aliphatic heterocycles. The van der Waals surface area contributed by atoms with Crippen LogP contribution in [0.15, 0.2) is 36.5 Å². The standard InChI is InChI=1S/C90H163O25P/c1-5-9-13-17-21-25-29-33-35-37-41-44-48-52-56-60-64-75(94)109-70(67-106-73(92)62-58-54-50-46-42-38-31-27-23-19-15-11-7-3)68-108-116(104,105)115-88-86(113-89-83(102)79(98)77(96)71(66-91)110-89)82(101)81(100)85(112-76(95)65-61-57-53-49-45-40-36-34-30-26-22-18-14-10-6-2)87(88)114-90-84(103)80(99)78(97)72(111-90)69-107-74(93)63-59-55-51-47-43-39-32-28-24-20-16-12-8-4/h26,30,38-39,42-43,70-72,77-91,96-103H,5-25,27-29,31-37,40-41,44-69H2,1-4H3,(H,104,105)/b30-26-,42-38-,43-39-. The minimum atomic E-state index is -5.81. The predicted molar refractivity (Wildman–Crippen MR) is 449 cm³/mol. The maximum absolute atomic E-state index is 14.9. The smallest absolute Gasteiger partial charge is 0.463 e. The van der Waals surface area contributed by atoms with Gasteiger partial charge in [0.1, 0.15) is 92.6 Å². The summed E-state index contributed by atoms with van der Waals surface area (Å²) in [5.74, 6) is -3.01. The van der Waals surface area contributed by atoms with E-state index in [0.29, 0.717) is 38.5 Å². The van der Waals surface area contributed by atoms with E-state index in [-0.39, 0.29) is 25.7 Å². The zero-order valence-corrected chi connectivity index (χ0v) is 72.9. The van der Waals surface area contributed by atoms with Crippen LogP contribution in [0.3, 0.4) is 0 Å². The highest BCUT2D eigenvalue weighted by atomic mass is 31.2. The molecule has 0 bridgehead atoms. The topological polar surface area (TPSA) is 380 Å². The lowest BCUT2D eigenvalue weighted by Gasteiger charge is -2.50. The second-order valence-electron chi connectivity index (χ2n) is 32.8. The molecule has 0 radical (unpaired) electrons. The monoisotopic (exact) mass is 1680 g/mol. The molecular weight excluding hydrogens is 1510 g/mol. The van der Waals surface area contributed by atoms with E-state index in [1.807, 2.05) is 0 Å². The third-order valence-corrected chi connectivity index (χ3v) is 23.3. The molecular formula is C90H163O25P. The van der Waals surface area contributed by atoms with Gasteiger partial charge in [-0.1, -0.05) is 289 Å². The van der Waals surface area contributed by atoms with E-state index in [1.165, 1.54) is 154 Å². The summed E-state index contributed by atoms with van der Waals surface area (Å²) in [6.45, 7) is 5.53. The minimum absolute atomic E-state index is 0.00789. The number of unbranched alkanes of at least 4 members (excludes halogenated alkanes) is 44. The van der Waals surface area contributed by atoms with Crippen molar-refractivity contribution in [3.63, 3.8) is 0 Å². The van der Waals surface area contributed by atoms with E-state index >= 15 is 0 Å². The summed E-state index contributed by atoms with van der Waals surface area (Å²) in [6.07, 6.45) is 30.1. The highest BCUT2D eigenvalue weighted by Crippen LogP contribution is 2.49. The molecule has 0 spiro atoms. The summed E-state index contributed by atoms with van der Waals surface area (Å²) >= 11 is 0. The molecule has 1 saturated carbocycles. The van der Waals surface area contributed by atoms with Gasteiger partial charge in [0.05, 0.1) is 13.2 Å². The van der Waals surface area contributed by atoms with Gasteiger partial charge in [-0.2, -0.15) is 0 Å². The van der Waals surface area contributed by atoms with Gasteiger partial charge in [0, 0.05) is 25.7 Å². The van der Waals surface area contributed by atoms with Gasteiger partial charge < -0.3 is 88.7 Å². The Hall–Kier alpha value is -3.31. The largest absolute Gasteiger partial charge is 0.472 e. The summed E-state index contributed by atoms with van der Waals surface area (Å²) in [4.78, 5) is 66.4. The van der Waals surface area contributed by atoms with Crippen LogP contribution in [-0.2, 0) is 70.7 Å². The van der Waals surface area contributed by atoms with Crippen LogP contribution in [0.1, 0.15) is 381 Å². The molecule has 0 aromatic carbocycles. The van der Waals surface area contributed by atoms with Gasteiger partial charge in [-0.15, -0.1) is 0 Å². The summed E-state index contributed by atoms with van der Waals surface area (Å²) in [7, 11) is -5.81. The number of rotatable bonds is 74. The Balaban J connectivity index is 1.93. The van der Waals surface area contributed by atoms with Crippen molar-refractivity contribution < 1.29 is 122 Å². The third kappa shape index (κ3) is 49.1. The average molecular weight is 1680 g/mol. The van der Waals surface area contributed by atoms with Gasteiger partial charge >= 0.3 is 31.7 Å². The van der Waals surface area contributed by atoms with Crippen molar-refractivity contribution in [3.05, 3.63) is 36.5 Å². The number of ether oxygens (including phenoxy) is 8. The van der Waals surface area contributed by atoms with E-state index in [0.717, 1.165) is 135 Å². The van der Waals surface area contributed by atoms with Crippen molar-refractivity contribution in [1.82, 2.24) is 0 Å². The number of allylic oxidation sites excluding steroid dienone is 6. The van der Waals surface area contributed by atoms with Gasteiger partial charge in [-0.25, -0.2) is 4.57 Å². The Kier molecular flexibility index (Phi) is 63.7. The normalized spacial score (nSPS) is 25.3. The van der Waals surface area contributed by atoms with Crippen molar-refractivity contribution >= 4 is 31.7 Å². The fraction of sp³-hybridized carbons (Fsp3) is 0.889. The van der Waals surface area contributed by atoms with Crippen LogP contribution >= 0.6 is 7.82 Å². The molecule has 2 saturated heterocycles. The molecule has 2 heterocycles. The SMILES string of the molecule is CCCCCC/C=C\CCCCCCCCCC(=O)OC1C(O)C(O)C(OC2OC(CO)C(O)C(O)C2O)C(OP(=O)(O)OCC(COC(=O)CCCCC/C=C\CCCCCCCC)OC(=O)CCCCCCCCCCCCCCCCCC)C1OC1OC(COC(=O)CCCCC/C=C\CCCCCCCC)C(O)C(O)C1O. The molecule has 3 aliphatic rings. The zero-order chi connectivity index (χ0) is 84.7. The zero-order valence-electron chi connectivity index (χ0n) is 72.0. The molecule has 10 N–H and O–H groups in total. The average Bonchev–Trinajstić information content (AvgIpc) is 0.754. The third-order valence-electron chi connectivity index (χ3n) is 22.3. The maximum atomic E-state index is 14.9. The molecule has 25 nitrogen and oxygen atoms in total.